The molecule has 154 valence electrons. The van der Waals surface area contributed by atoms with E-state index >= 15 is 0 Å². The van der Waals surface area contributed by atoms with Gasteiger partial charge in [-0.15, -0.1) is 0 Å². The predicted molar refractivity (Wildman–Crippen MR) is 99.2 cm³/mol. The average molecular weight is 407 g/mol. The maximum absolute atomic E-state index is 12.6. The number of nitrogens with zero attached hydrogens (tertiary/aromatic N) is 2. The van der Waals surface area contributed by atoms with E-state index in [1.807, 2.05) is 11.5 Å². The van der Waals surface area contributed by atoms with Crippen molar-refractivity contribution in [3.63, 3.8) is 0 Å². The van der Waals surface area contributed by atoms with E-state index in [-0.39, 0.29) is 18.2 Å². The minimum absolute atomic E-state index is 0.0913. The summed E-state index contributed by atoms with van der Waals surface area (Å²) in [5.41, 5.74) is 2.63. The number of ether oxygens (including phenoxy) is 1. The molecule has 3 rings (SSSR count). The molecule has 0 bridgehead atoms. The lowest BCUT2D eigenvalue weighted by Gasteiger charge is -2.11. The monoisotopic (exact) mass is 407 g/mol. The van der Waals surface area contributed by atoms with Crippen molar-refractivity contribution in [2.45, 2.75) is 33.5 Å². The first-order chi connectivity index (χ1) is 13.6. The zero-order valence-electron chi connectivity index (χ0n) is 16.1. The maximum atomic E-state index is 12.6. The van der Waals surface area contributed by atoms with Crippen LogP contribution in [0.4, 0.5) is 13.2 Å². The molecular weight excluding hydrogens is 387 g/mol. The summed E-state index contributed by atoms with van der Waals surface area (Å²) in [5.74, 6) is 1.04. The number of carbonyl (C=O) groups excluding carboxylic acids is 1. The average Bonchev–Trinajstić information content (AvgIpc) is 3.20. The van der Waals surface area contributed by atoms with Gasteiger partial charge in [-0.1, -0.05) is 17.3 Å². The summed E-state index contributed by atoms with van der Waals surface area (Å²) in [4.78, 5) is 12.6. The number of aromatic nitrogens is 2. The lowest BCUT2D eigenvalue weighted by Crippen LogP contribution is -2.23. The maximum Gasteiger partial charge on any atom is 0.422 e. The molecule has 29 heavy (non-hydrogen) atoms. The topological polar surface area (TPSA) is 69.3 Å². The van der Waals surface area contributed by atoms with E-state index in [0.29, 0.717) is 28.4 Å². The van der Waals surface area contributed by atoms with E-state index in [4.69, 9.17) is 9.26 Å². The van der Waals surface area contributed by atoms with Gasteiger partial charge >= 0.3 is 6.18 Å². The van der Waals surface area contributed by atoms with Crippen molar-refractivity contribution >= 4 is 5.91 Å². The van der Waals surface area contributed by atoms with Crippen LogP contribution >= 0.6 is 0 Å². The Morgan fingerprint density at radius 1 is 1.21 bits per heavy atom. The van der Waals surface area contributed by atoms with Crippen LogP contribution in [-0.2, 0) is 6.54 Å². The molecule has 0 spiro atoms. The van der Waals surface area contributed by atoms with Crippen LogP contribution in [0.25, 0.3) is 5.82 Å². The normalized spacial score (nSPS) is 11.5. The zero-order chi connectivity index (χ0) is 21.2. The number of hydrogen-bond acceptors (Lipinski definition) is 4. The molecule has 0 unspecified atom stereocenters. The molecule has 1 amide bonds. The van der Waals surface area contributed by atoms with E-state index in [1.54, 1.807) is 38.1 Å². The molecule has 0 saturated carbocycles. The van der Waals surface area contributed by atoms with Gasteiger partial charge in [0.25, 0.3) is 5.91 Å². The van der Waals surface area contributed by atoms with Crippen LogP contribution < -0.4 is 10.1 Å². The Labute approximate surface area is 165 Å². The fourth-order valence-corrected chi connectivity index (χ4v) is 2.99. The summed E-state index contributed by atoms with van der Waals surface area (Å²) in [5, 5.41) is 6.76. The first-order valence-corrected chi connectivity index (χ1v) is 8.83. The molecule has 0 aliphatic carbocycles. The number of hydrogen-bond donors (Lipinski definition) is 1. The highest BCUT2D eigenvalue weighted by Gasteiger charge is 2.28. The van der Waals surface area contributed by atoms with Gasteiger partial charge in [-0.25, -0.2) is 0 Å². The number of alkyl halides is 3. The summed E-state index contributed by atoms with van der Waals surface area (Å²) in [7, 11) is 0. The Bertz CT molecular complexity index is 1020. The van der Waals surface area contributed by atoms with Crippen molar-refractivity contribution in [3.8, 4) is 11.6 Å². The number of nitrogens with one attached hydrogen (secondary N) is 1. The number of benzene rings is 1. The van der Waals surface area contributed by atoms with Crippen LogP contribution in [0.2, 0.25) is 0 Å². The second kappa shape index (κ2) is 8.02. The van der Waals surface area contributed by atoms with E-state index in [9.17, 15) is 18.0 Å². The van der Waals surface area contributed by atoms with Gasteiger partial charge in [-0.2, -0.15) is 13.2 Å². The molecule has 0 atom stereocenters. The molecule has 1 N–H and O–H groups in total. The van der Waals surface area contributed by atoms with Crippen molar-refractivity contribution in [3.05, 3.63) is 64.7 Å². The molecular formula is C20H20F3N3O3. The SMILES string of the molecule is Cc1cc(-n2c(C)cc(C(=O)NCc3cccc(OCC(F)(F)F)c3)c2C)no1. The highest BCUT2D eigenvalue weighted by Crippen LogP contribution is 2.22. The molecule has 6 nitrogen and oxygen atoms in total. The van der Waals surface area contributed by atoms with Crippen molar-refractivity contribution in [2.24, 2.45) is 0 Å². The van der Waals surface area contributed by atoms with Gasteiger partial charge in [0.2, 0.25) is 0 Å². The van der Waals surface area contributed by atoms with Crippen molar-refractivity contribution in [2.75, 3.05) is 6.61 Å². The molecule has 0 saturated heterocycles. The van der Waals surface area contributed by atoms with Gasteiger partial charge in [0, 0.05) is 24.0 Å². The Morgan fingerprint density at radius 3 is 2.62 bits per heavy atom. The molecule has 9 heteroatoms. The molecule has 0 radical (unpaired) electrons. The number of carbonyl (C=O) groups is 1. The first kappa shape index (κ1) is 20.5. The van der Waals surface area contributed by atoms with Crippen LogP contribution in [0.5, 0.6) is 5.75 Å². The quantitative estimate of drug-likeness (QED) is 0.663. The minimum Gasteiger partial charge on any atom is -0.484 e. The molecule has 2 heterocycles. The molecule has 3 aromatic rings. The third-order valence-electron chi connectivity index (χ3n) is 4.27. The van der Waals surface area contributed by atoms with E-state index in [2.05, 4.69) is 10.5 Å². The van der Waals surface area contributed by atoms with E-state index in [1.165, 1.54) is 12.1 Å². The fourth-order valence-electron chi connectivity index (χ4n) is 2.99. The van der Waals surface area contributed by atoms with Crippen LogP contribution in [-0.4, -0.2) is 28.4 Å². The Hall–Kier alpha value is -3.23. The standard InChI is InChI=1S/C20H20F3N3O3/c1-12-7-17(14(3)26(12)18-8-13(2)29-25-18)19(27)24-10-15-5-4-6-16(9-15)28-11-20(21,22)23/h4-9H,10-11H2,1-3H3,(H,24,27). The van der Waals surface area contributed by atoms with E-state index < -0.39 is 12.8 Å². The summed E-state index contributed by atoms with van der Waals surface area (Å²) < 4.78 is 48.5. The fraction of sp³-hybridized carbons (Fsp3) is 0.300. The molecule has 0 fully saturated rings. The minimum atomic E-state index is -4.41. The van der Waals surface area contributed by atoms with E-state index in [0.717, 1.165) is 5.69 Å². The first-order valence-electron chi connectivity index (χ1n) is 8.83. The lowest BCUT2D eigenvalue weighted by molar-refractivity contribution is -0.153. The number of amides is 1. The smallest absolute Gasteiger partial charge is 0.422 e. The Morgan fingerprint density at radius 2 is 1.97 bits per heavy atom. The third kappa shape index (κ3) is 4.98. The summed E-state index contributed by atoms with van der Waals surface area (Å²) in [6.45, 7) is 4.22. The van der Waals surface area contributed by atoms with Crippen LogP contribution in [0.15, 0.2) is 40.9 Å². The number of halogens is 3. The number of aryl methyl sites for hydroxylation is 2. The van der Waals surface area contributed by atoms with Gasteiger partial charge in [0.05, 0.1) is 5.56 Å². The largest absolute Gasteiger partial charge is 0.484 e. The second-order valence-electron chi connectivity index (χ2n) is 6.65. The molecule has 1 aromatic carbocycles. The van der Waals surface area contributed by atoms with Crippen molar-refractivity contribution in [1.29, 1.82) is 0 Å². The Balaban J connectivity index is 1.69. The Kier molecular flexibility index (Phi) is 5.67. The molecule has 0 aliphatic rings. The van der Waals surface area contributed by atoms with Crippen molar-refractivity contribution in [1.82, 2.24) is 15.0 Å². The highest BCUT2D eigenvalue weighted by atomic mass is 19.4. The highest BCUT2D eigenvalue weighted by molar-refractivity contribution is 5.95. The van der Waals surface area contributed by atoms with Crippen molar-refractivity contribution < 1.29 is 27.2 Å². The predicted octanol–water partition coefficient (Wildman–Crippen LogP) is 4.26. The van der Waals surface area contributed by atoms with Gasteiger partial charge < -0.3 is 14.6 Å². The van der Waals surface area contributed by atoms with Gasteiger partial charge in [0.15, 0.2) is 12.4 Å². The van der Waals surface area contributed by atoms with Crippen LogP contribution in [0.3, 0.4) is 0 Å². The lowest BCUT2D eigenvalue weighted by atomic mass is 10.2. The zero-order valence-corrected chi connectivity index (χ0v) is 16.1. The number of rotatable bonds is 6. The van der Waals surface area contributed by atoms with Gasteiger partial charge in [-0.05, 0) is 44.5 Å². The van der Waals surface area contributed by atoms with Crippen LogP contribution in [0.1, 0.15) is 33.1 Å². The third-order valence-corrected chi connectivity index (χ3v) is 4.27. The summed E-state index contributed by atoms with van der Waals surface area (Å²) >= 11 is 0. The summed E-state index contributed by atoms with van der Waals surface area (Å²) in [6.07, 6.45) is -4.41. The second-order valence-corrected chi connectivity index (χ2v) is 6.65. The van der Waals surface area contributed by atoms with Gasteiger partial charge in [0.1, 0.15) is 11.5 Å². The molecule has 2 aromatic heterocycles. The van der Waals surface area contributed by atoms with Gasteiger partial charge in [-0.3, -0.25) is 9.36 Å². The van der Waals surface area contributed by atoms with Crippen LogP contribution in [0, 0.1) is 20.8 Å². The molecule has 0 aliphatic heterocycles. The summed E-state index contributed by atoms with van der Waals surface area (Å²) in [6, 6.07) is 9.69.